The van der Waals surface area contributed by atoms with Crippen molar-refractivity contribution in [1.29, 1.82) is 5.26 Å². The summed E-state index contributed by atoms with van der Waals surface area (Å²) in [6.45, 7) is 5.72. The highest BCUT2D eigenvalue weighted by Gasteiger charge is 2.16. The third kappa shape index (κ3) is 3.83. The zero-order chi connectivity index (χ0) is 13.5. The van der Waals surface area contributed by atoms with E-state index in [1.165, 1.54) is 5.56 Å². The molecule has 0 bridgehead atoms. The maximum Gasteiger partial charge on any atom is 0.123 e. The largest absolute Gasteiger partial charge is 0.383 e. The van der Waals surface area contributed by atoms with Crippen LogP contribution < -0.4 is 0 Å². The zero-order valence-corrected chi connectivity index (χ0v) is 11.7. The summed E-state index contributed by atoms with van der Waals surface area (Å²) >= 11 is 0. The Hall–Kier alpha value is -1.37. The number of hydrogen-bond donors (Lipinski definition) is 0. The number of nitriles is 1. The van der Waals surface area contributed by atoms with E-state index in [-0.39, 0.29) is 6.04 Å². The molecule has 1 rings (SSSR count). The van der Waals surface area contributed by atoms with Crippen LogP contribution in [0, 0.1) is 11.3 Å². The number of methoxy groups -OCH3 is 1. The number of nitrogens with zero attached hydrogens (tertiary/aromatic N) is 2. The van der Waals surface area contributed by atoms with E-state index in [0.717, 1.165) is 12.1 Å². The van der Waals surface area contributed by atoms with Gasteiger partial charge in [0, 0.05) is 13.7 Å². The van der Waals surface area contributed by atoms with Crippen molar-refractivity contribution in [2.45, 2.75) is 25.8 Å². The topological polar surface area (TPSA) is 36.3 Å². The summed E-state index contributed by atoms with van der Waals surface area (Å²) in [7, 11) is 3.62. The molecule has 0 spiro atoms. The van der Waals surface area contributed by atoms with Gasteiger partial charge < -0.3 is 4.74 Å². The normalized spacial score (nSPS) is 12.7. The molecule has 0 amide bonds. The van der Waals surface area contributed by atoms with E-state index < -0.39 is 0 Å². The minimum absolute atomic E-state index is 0.207. The molecule has 0 fully saturated rings. The van der Waals surface area contributed by atoms with E-state index in [9.17, 15) is 5.26 Å². The van der Waals surface area contributed by atoms with Gasteiger partial charge >= 0.3 is 0 Å². The fourth-order valence-corrected chi connectivity index (χ4v) is 1.86. The predicted octanol–water partition coefficient (Wildman–Crippen LogP) is 2.95. The number of likely N-dealkylation sites (N-methyl/N-ethyl adjacent to an activating group) is 1. The zero-order valence-electron chi connectivity index (χ0n) is 11.7. The van der Waals surface area contributed by atoms with Gasteiger partial charge in [0.05, 0.1) is 12.7 Å². The second kappa shape index (κ2) is 7.15. The SMILES string of the molecule is COCCN(C)C(C#N)c1ccc(C(C)C)cc1. The lowest BCUT2D eigenvalue weighted by atomic mass is 9.99. The van der Waals surface area contributed by atoms with Gasteiger partial charge in [-0.25, -0.2) is 0 Å². The second-order valence-electron chi connectivity index (χ2n) is 4.83. The summed E-state index contributed by atoms with van der Waals surface area (Å²) in [5.74, 6) is 0.519. The molecule has 0 saturated heterocycles. The first-order valence-corrected chi connectivity index (χ1v) is 6.28. The Kier molecular flexibility index (Phi) is 5.84. The molecule has 3 heteroatoms. The summed E-state index contributed by atoms with van der Waals surface area (Å²) in [4.78, 5) is 2.01. The molecule has 0 saturated carbocycles. The van der Waals surface area contributed by atoms with Gasteiger partial charge in [-0.2, -0.15) is 5.26 Å². The van der Waals surface area contributed by atoms with Crippen LogP contribution in [0.25, 0.3) is 0 Å². The lowest BCUT2D eigenvalue weighted by Crippen LogP contribution is -2.27. The molecule has 1 atom stereocenters. The Labute approximate surface area is 110 Å². The minimum atomic E-state index is -0.207. The second-order valence-corrected chi connectivity index (χ2v) is 4.83. The minimum Gasteiger partial charge on any atom is -0.383 e. The van der Waals surface area contributed by atoms with Gasteiger partial charge in [0.15, 0.2) is 0 Å². The third-order valence-electron chi connectivity index (χ3n) is 3.13. The summed E-state index contributed by atoms with van der Waals surface area (Å²) in [6.07, 6.45) is 0. The van der Waals surface area contributed by atoms with Crippen molar-refractivity contribution in [2.24, 2.45) is 0 Å². The molecular formula is C15H22N2O. The maximum atomic E-state index is 9.30. The van der Waals surface area contributed by atoms with Crippen LogP contribution in [-0.2, 0) is 4.74 Å². The fraction of sp³-hybridized carbons (Fsp3) is 0.533. The van der Waals surface area contributed by atoms with Gasteiger partial charge in [-0.15, -0.1) is 0 Å². The van der Waals surface area contributed by atoms with Crippen molar-refractivity contribution < 1.29 is 4.74 Å². The van der Waals surface area contributed by atoms with Crippen LogP contribution in [0.2, 0.25) is 0 Å². The first kappa shape index (κ1) is 14.7. The molecule has 0 aliphatic carbocycles. The Balaban J connectivity index is 2.79. The highest BCUT2D eigenvalue weighted by atomic mass is 16.5. The van der Waals surface area contributed by atoms with E-state index >= 15 is 0 Å². The molecular weight excluding hydrogens is 224 g/mol. The molecule has 18 heavy (non-hydrogen) atoms. The van der Waals surface area contributed by atoms with E-state index in [1.807, 2.05) is 24.1 Å². The van der Waals surface area contributed by atoms with Crippen molar-refractivity contribution in [3.05, 3.63) is 35.4 Å². The standard InChI is InChI=1S/C15H22N2O/c1-12(2)13-5-7-14(8-6-13)15(11-16)17(3)9-10-18-4/h5-8,12,15H,9-10H2,1-4H3. The first-order chi connectivity index (χ1) is 8.60. The van der Waals surface area contributed by atoms with Crippen molar-refractivity contribution in [1.82, 2.24) is 4.90 Å². The molecule has 98 valence electrons. The maximum absolute atomic E-state index is 9.30. The number of rotatable bonds is 6. The van der Waals surface area contributed by atoms with Crippen molar-refractivity contribution >= 4 is 0 Å². The monoisotopic (exact) mass is 246 g/mol. The summed E-state index contributed by atoms with van der Waals surface area (Å²) in [5.41, 5.74) is 2.34. The van der Waals surface area contributed by atoms with Crippen LogP contribution in [0.15, 0.2) is 24.3 Å². The van der Waals surface area contributed by atoms with E-state index in [2.05, 4.69) is 32.0 Å². The van der Waals surface area contributed by atoms with Crippen molar-refractivity contribution in [3.8, 4) is 6.07 Å². The smallest absolute Gasteiger partial charge is 0.123 e. The Bertz CT molecular complexity index is 392. The highest BCUT2D eigenvalue weighted by molar-refractivity contribution is 5.29. The van der Waals surface area contributed by atoms with Crippen LogP contribution >= 0.6 is 0 Å². The molecule has 1 unspecified atom stereocenters. The molecule has 0 radical (unpaired) electrons. The molecule has 0 heterocycles. The van der Waals surface area contributed by atoms with Gasteiger partial charge in [0.2, 0.25) is 0 Å². The lowest BCUT2D eigenvalue weighted by molar-refractivity contribution is 0.151. The highest BCUT2D eigenvalue weighted by Crippen LogP contribution is 2.21. The number of ether oxygens (including phenoxy) is 1. The van der Waals surface area contributed by atoms with E-state index in [1.54, 1.807) is 7.11 Å². The van der Waals surface area contributed by atoms with Gasteiger partial charge in [-0.1, -0.05) is 38.1 Å². The average Bonchev–Trinajstić information content (AvgIpc) is 2.37. The summed E-state index contributed by atoms with van der Waals surface area (Å²) in [6, 6.07) is 10.4. The van der Waals surface area contributed by atoms with Crippen LogP contribution in [0.5, 0.6) is 0 Å². The lowest BCUT2D eigenvalue weighted by Gasteiger charge is -2.22. The molecule has 1 aromatic rings. The van der Waals surface area contributed by atoms with E-state index in [4.69, 9.17) is 4.74 Å². The number of benzene rings is 1. The summed E-state index contributed by atoms with van der Waals surface area (Å²) in [5, 5.41) is 9.30. The number of hydrogen-bond acceptors (Lipinski definition) is 3. The van der Waals surface area contributed by atoms with Crippen LogP contribution in [0.1, 0.15) is 36.9 Å². The van der Waals surface area contributed by atoms with Gasteiger partial charge in [0.1, 0.15) is 6.04 Å². The fourth-order valence-electron chi connectivity index (χ4n) is 1.86. The molecule has 3 nitrogen and oxygen atoms in total. The van der Waals surface area contributed by atoms with Crippen molar-refractivity contribution in [2.75, 3.05) is 27.3 Å². The average molecular weight is 246 g/mol. The summed E-state index contributed by atoms with van der Waals surface area (Å²) < 4.78 is 5.04. The molecule has 1 aromatic carbocycles. The first-order valence-electron chi connectivity index (χ1n) is 6.28. The third-order valence-corrected chi connectivity index (χ3v) is 3.13. The van der Waals surface area contributed by atoms with Gasteiger partial charge in [0.25, 0.3) is 0 Å². The molecule has 0 aliphatic heterocycles. The van der Waals surface area contributed by atoms with Crippen LogP contribution in [-0.4, -0.2) is 32.2 Å². The predicted molar refractivity (Wildman–Crippen MR) is 73.4 cm³/mol. The van der Waals surface area contributed by atoms with Gasteiger partial charge in [-0.05, 0) is 24.1 Å². The molecule has 0 aromatic heterocycles. The quantitative estimate of drug-likeness (QED) is 0.774. The van der Waals surface area contributed by atoms with Crippen molar-refractivity contribution in [3.63, 3.8) is 0 Å². The van der Waals surface area contributed by atoms with Gasteiger partial charge in [-0.3, -0.25) is 4.90 Å². The molecule has 0 aliphatic rings. The van der Waals surface area contributed by atoms with Crippen LogP contribution in [0.4, 0.5) is 0 Å². The Morgan fingerprint density at radius 1 is 1.22 bits per heavy atom. The Morgan fingerprint density at radius 2 is 1.78 bits per heavy atom. The Morgan fingerprint density at radius 3 is 2.22 bits per heavy atom. The molecule has 0 N–H and O–H groups in total. The van der Waals surface area contributed by atoms with Crippen LogP contribution in [0.3, 0.4) is 0 Å². The van der Waals surface area contributed by atoms with E-state index in [0.29, 0.717) is 12.5 Å².